The fraction of sp³-hybridized carbons (Fsp3) is 0.417. The molecular weight excluding hydrogens is 362 g/mol. The second kappa shape index (κ2) is 9.12. The SMILES string of the molecule is Cc1cccc(C)c1NC(=O)C1CCC(C(=O)Nc2ccc(N(C)C)cc2)CC1. The smallest absolute Gasteiger partial charge is 0.227 e. The van der Waals surface area contributed by atoms with E-state index < -0.39 is 0 Å². The molecule has 2 aromatic carbocycles. The van der Waals surface area contributed by atoms with E-state index >= 15 is 0 Å². The highest BCUT2D eigenvalue weighted by atomic mass is 16.2. The Morgan fingerprint density at radius 3 is 1.76 bits per heavy atom. The van der Waals surface area contributed by atoms with Crippen molar-refractivity contribution in [3.05, 3.63) is 53.6 Å². The van der Waals surface area contributed by atoms with E-state index in [0.29, 0.717) is 0 Å². The number of para-hydroxylation sites is 1. The van der Waals surface area contributed by atoms with Crippen molar-refractivity contribution in [3.8, 4) is 0 Å². The third-order valence-corrected chi connectivity index (χ3v) is 5.85. The molecule has 0 unspecified atom stereocenters. The number of nitrogens with zero attached hydrogens (tertiary/aromatic N) is 1. The summed E-state index contributed by atoms with van der Waals surface area (Å²) in [5.41, 5.74) is 4.98. The molecule has 0 heterocycles. The van der Waals surface area contributed by atoms with Crippen LogP contribution in [0.5, 0.6) is 0 Å². The molecule has 0 radical (unpaired) electrons. The lowest BCUT2D eigenvalue weighted by Gasteiger charge is -2.27. The van der Waals surface area contributed by atoms with Crippen LogP contribution in [0, 0.1) is 25.7 Å². The number of carbonyl (C=O) groups excluding carboxylic acids is 2. The van der Waals surface area contributed by atoms with E-state index in [1.54, 1.807) is 0 Å². The topological polar surface area (TPSA) is 61.4 Å². The average molecular weight is 394 g/mol. The molecule has 29 heavy (non-hydrogen) atoms. The van der Waals surface area contributed by atoms with Gasteiger partial charge in [0, 0.05) is 43.0 Å². The molecule has 5 heteroatoms. The highest BCUT2D eigenvalue weighted by Gasteiger charge is 2.30. The minimum atomic E-state index is -0.0345. The van der Waals surface area contributed by atoms with Crippen LogP contribution in [0.25, 0.3) is 0 Å². The van der Waals surface area contributed by atoms with Gasteiger partial charge in [-0.25, -0.2) is 0 Å². The van der Waals surface area contributed by atoms with E-state index in [-0.39, 0.29) is 23.7 Å². The molecule has 2 aromatic rings. The fourth-order valence-corrected chi connectivity index (χ4v) is 3.94. The molecule has 1 fully saturated rings. The number of hydrogen-bond acceptors (Lipinski definition) is 3. The predicted molar refractivity (Wildman–Crippen MR) is 119 cm³/mol. The second-order valence-corrected chi connectivity index (χ2v) is 8.24. The van der Waals surface area contributed by atoms with E-state index in [4.69, 9.17) is 0 Å². The Morgan fingerprint density at radius 2 is 1.28 bits per heavy atom. The first kappa shape index (κ1) is 20.9. The summed E-state index contributed by atoms with van der Waals surface area (Å²) in [6.45, 7) is 4.02. The van der Waals surface area contributed by atoms with Crippen molar-refractivity contribution in [2.75, 3.05) is 29.6 Å². The molecule has 1 saturated carbocycles. The van der Waals surface area contributed by atoms with Gasteiger partial charge in [0.25, 0.3) is 0 Å². The van der Waals surface area contributed by atoms with Gasteiger partial charge in [-0.15, -0.1) is 0 Å². The van der Waals surface area contributed by atoms with Crippen LogP contribution < -0.4 is 15.5 Å². The van der Waals surface area contributed by atoms with Gasteiger partial charge in [0.2, 0.25) is 11.8 Å². The van der Waals surface area contributed by atoms with Gasteiger partial charge in [0.05, 0.1) is 0 Å². The van der Waals surface area contributed by atoms with Crippen molar-refractivity contribution >= 4 is 28.9 Å². The lowest BCUT2D eigenvalue weighted by molar-refractivity contribution is -0.125. The minimum absolute atomic E-state index is 0.0302. The first-order valence-corrected chi connectivity index (χ1v) is 10.3. The van der Waals surface area contributed by atoms with E-state index in [0.717, 1.165) is 53.9 Å². The van der Waals surface area contributed by atoms with Crippen molar-refractivity contribution in [2.45, 2.75) is 39.5 Å². The number of nitrogens with one attached hydrogen (secondary N) is 2. The summed E-state index contributed by atoms with van der Waals surface area (Å²) in [5, 5.41) is 6.12. The molecule has 0 aromatic heterocycles. The van der Waals surface area contributed by atoms with E-state index in [9.17, 15) is 9.59 Å². The number of anilines is 3. The summed E-state index contributed by atoms with van der Waals surface area (Å²) in [4.78, 5) is 27.4. The van der Waals surface area contributed by atoms with Crippen LogP contribution >= 0.6 is 0 Å². The van der Waals surface area contributed by atoms with Crippen LogP contribution in [0.2, 0.25) is 0 Å². The molecule has 5 nitrogen and oxygen atoms in total. The Kier molecular flexibility index (Phi) is 6.57. The third-order valence-electron chi connectivity index (χ3n) is 5.85. The molecule has 1 aliphatic carbocycles. The first-order valence-electron chi connectivity index (χ1n) is 10.3. The summed E-state index contributed by atoms with van der Waals surface area (Å²) in [6.07, 6.45) is 2.97. The van der Waals surface area contributed by atoms with Gasteiger partial charge in [0.1, 0.15) is 0 Å². The van der Waals surface area contributed by atoms with Crippen molar-refractivity contribution in [2.24, 2.45) is 11.8 Å². The quantitative estimate of drug-likeness (QED) is 0.770. The van der Waals surface area contributed by atoms with Gasteiger partial charge in [-0.05, 0) is 74.9 Å². The highest BCUT2D eigenvalue weighted by molar-refractivity contribution is 5.95. The van der Waals surface area contributed by atoms with Gasteiger partial charge >= 0.3 is 0 Å². The maximum absolute atomic E-state index is 12.7. The molecule has 3 rings (SSSR count). The number of rotatable bonds is 5. The van der Waals surface area contributed by atoms with Gasteiger partial charge in [0.15, 0.2) is 0 Å². The summed E-state index contributed by atoms with van der Waals surface area (Å²) in [5.74, 6) is 0.0574. The summed E-state index contributed by atoms with van der Waals surface area (Å²) in [6, 6.07) is 13.9. The first-order chi connectivity index (χ1) is 13.8. The van der Waals surface area contributed by atoms with Crippen molar-refractivity contribution in [3.63, 3.8) is 0 Å². The zero-order chi connectivity index (χ0) is 21.0. The monoisotopic (exact) mass is 393 g/mol. The van der Waals surface area contributed by atoms with Crippen molar-refractivity contribution in [1.29, 1.82) is 0 Å². The Bertz CT molecular complexity index is 846. The Balaban J connectivity index is 1.51. The molecule has 1 aliphatic rings. The molecule has 0 saturated heterocycles. The number of hydrogen-bond donors (Lipinski definition) is 2. The van der Waals surface area contributed by atoms with Crippen LogP contribution in [-0.2, 0) is 9.59 Å². The van der Waals surface area contributed by atoms with E-state index in [1.165, 1.54) is 0 Å². The zero-order valence-corrected chi connectivity index (χ0v) is 17.8. The number of amides is 2. The highest BCUT2D eigenvalue weighted by Crippen LogP contribution is 2.31. The van der Waals surface area contributed by atoms with Gasteiger partial charge < -0.3 is 15.5 Å². The molecule has 0 atom stereocenters. The lowest BCUT2D eigenvalue weighted by Crippen LogP contribution is -2.32. The third kappa shape index (κ3) is 5.17. The zero-order valence-electron chi connectivity index (χ0n) is 17.8. The number of aryl methyl sites for hydroxylation is 2. The van der Waals surface area contributed by atoms with Crippen LogP contribution in [0.4, 0.5) is 17.1 Å². The standard InChI is InChI=1S/C24H31N3O2/c1-16-6-5-7-17(2)22(16)26-24(29)19-10-8-18(9-11-19)23(28)25-20-12-14-21(15-13-20)27(3)4/h5-7,12-15,18-19H,8-11H2,1-4H3,(H,25,28)(H,26,29). The number of carbonyl (C=O) groups is 2. The maximum atomic E-state index is 12.7. The van der Waals surface area contributed by atoms with Crippen LogP contribution in [0.3, 0.4) is 0 Å². The maximum Gasteiger partial charge on any atom is 0.227 e. The van der Waals surface area contributed by atoms with Crippen molar-refractivity contribution in [1.82, 2.24) is 0 Å². The molecule has 2 N–H and O–H groups in total. The summed E-state index contributed by atoms with van der Waals surface area (Å²) >= 11 is 0. The molecule has 0 aliphatic heterocycles. The molecule has 154 valence electrons. The van der Waals surface area contributed by atoms with Crippen LogP contribution in [-0.4, -0.2) is 25.9 Å². The normalized spacial score (nSPS) is 18.8. The Hall–Kier alpha value is -2.82. The van der Waals surface area contributed by atoms with Gasteiger partial charge in [-0.1, -0.05) is 18.2 Å². The van der Waals surface area contributed by atoms with Crippen LogP contribution in [0.15, 0.2) is 42.5 Å². The largest absolute Gasteiger partial charge is 0.378 e. The summed E-state index contributed by atoms with van der Waals surface area (Å²) in [7, 11) is 3.98. The Morgan fingerprint density at radius 1 is 0.793 bits per heavy atom. The minimum Gasteiger partial charge on any atom is -0.378 e. The predicted octanol–water partition coefficient (Wildman–Crippen LogP) is 4.75. The average Bonchev–Trinajstić information content (AvgIpc) is 2.71. The fourth-order valence-electron chi connectivity index (χ4n) is 3.94. The van der Waals surface area contributed by atoms with Gasteiger partial charge in [-0.3, -0.25) is 9.59 Å². The molecule has 2 amide bonds. The molecule has 0 bridgehead atoms. The molecular formula is C24H31N3O2. The molecule has 0 spiro atoms. The van der Waals surface area contributed by atoms with E-state index in [2.05, 4.69) is 10.6 Å². The number of benzene rings is 2. The van der Waals surface area contributed by atoms with E-state index in [1.807, 2.05) is 75.3 Å². The second-order valence-electron chi connectivity index (χ2n) is 8.24. The van der Waals surface area contributed by atoms with Gasteiger partial charge in [-0.2, -0.15) is 0 Å². The summed E-state index contributed by atoms with van der Waals surface area (Å²) < 4.78 is 0. The Labute approximate surface area is 173 Å². The van der Waals surface area contributed by atoms with Crippen molar-refractivity contribution < 1.29 is 9.59 Å². The van der Waals surface area contributed by atoms with Crippen LogP contribution in [0.1, 0.15) is 36.8 Å². The lowest BCUT2D eigenvalue weighted by atomic mass is 9.81.